The summed E-state index contributed by atoms with van der Waals surface area (Å²) >= 11 is 3.40. The minimum Gasteiger partial charge on any atom is -0.493 e. The normalized spacial score (nSPS) is 12.6. The Morgan fingerprint density at radius 3 is 2.37 bits per heavy atom. The number of nitrogens with one attached hydrogen (secondary N) is 1. The second kappa shape index (κ2) is 7.87. The number of carbonyl (C=O) groups is 2. The number of anilines is 2. The molecule has 0 radical (unpaired) electrons. The van der Waals surface area contributed by atoms with Crippen molar-refractivity contribution in [2.75, 3.05) is 38.1 Å². The van der Waals surface area contributed by atoms with Crippen molar-refractivity contribution in [2.45, 2.75) is 6.42 Å². The number of benzene rings is 2. The van der Waals surface area contributed by atoms with Crippen LogP contribution in [0.25, 0.3) is 0 Å². The predicted molar refractivity (Wildman–Crippen MR) is 105 cm³/mol. The van der Waals surface area contributed by atoms with E-state index in [0.717, 1.165) is 15.7 Å². The molecule has 0 atom stereocenters. The Hall–Kier alpha value is -2.74. The minimum atomic E-state index is -0.326. The summed E-state index contributed by atoms with van der Waals surface area (Å²) in [5.74, 6) is 0.864. The van der Waals surface area contributed by atoms with Crippen molar-refractivity contribution in [3.63, 3.8) is 0 Å². The first-order valence-corrected chi connectivity index (χ1v) is 8.94. The van der Waals surface area contributed by atoms with Gasteiger partial charge in [-0.15, -0.1) is 0 Å². The van der Waals surface area contributed by atoms with Crippen LogP contribution in [0.1, 0.15) is 5.56 Å². The molecule has 1 aliphatic rings. The van der Waals surface area contributed by atoms with E-state index in [-0.39, 0.29) is 24.8 Å². The van der Waals surface area contributed by atoms with E-state index in [4.69, 9.17) is 14.2 Å². The molecule has 0 aromatic heterocycles. The fourth-order valence-electron chi connectivity index (χ4n) is 3.02. The molecule has 0 saturated carbocycles. The van der Waals surface area contributed by atoms with Crippen LogP contribution in [0.15, 0.2) is 34.8 Å². The number of hydrogen-bond donors (Lipinski definition) is 1. The van der Waals surface area contributed by atoms with Crippen molar-refractivity contribution in [3.05, 3.63) is 40.4 Å². The van der Waals surface area contributed by atoms with Gasteiger partial charge in [0.05, 0.1) is 27.8 Å². The molecular formula is C19H19BrN2O5. The number of rotatable bonds is 6. The maximum Gasteiger partial charge on any atom is 0.244 e. The lowest BCUT2D eigenvalue weighted by Crippen LogP contribution is -2.35. The van der Waals surface area contributed by atoms with Crippen LogP contribution in [-0.2, 0) is 16.0 Å². The molecule has 0 fully saturated rings. The van der Waals surface area contributed by atoms with E-state index >= 15 is 0 Å². The van der Waals surface area contributed by atoms with Gasteiger partial charge in [0.1, 0.15) is 6.54 Å². The van der Waals surface area contributed by atoms with Crippen LogP contribution in [0, 0.1) is 0 Å². The maximum atomic E-state index is 12.5. The van der Waals surface area contributed by atoms with E-state index in [2.05, 4.69) is 21.2 Å². The quantitative estimate of drug-likeness (QED) is 0.755. The van der Waals surface area contributed by atoms with E-state index in [1.165, 1.54) is 26.2 Å². The molecule has 0 bridgehead atoms. The highest BCUT2D eigenvalue weighted by Crippen LogP contribution is 2.40. The van der Waals surface area contributed by atoms with Gasteiger partial charge in [-0.1, -0.05) is 15.9 Å². The summed E-state index contributed by atoms with van der Waals surface area (Å²) in [7, 11) is 4.51. The smallest absolute Gasteiger partial charge is 0.244 e. The van der Waals surface area contributed by atoms with Crippen LogP contribution < -0.4 is 24.4 Å². The van der Waals surface area contributed by atoms with E-state index in [1.807, 2.05) is 18.2 Å². The number of ether oxygens (including phenoxy) is 3. The van der Waals surface area contributed by atoms with E-state index < -0.39 is 0 Å². The Balaban J connectivity index is 1.78. The molecule has 7 nitrogen and oxygen atoms in total. The number of carbonyl (C=O) groups excluding carboxylic acids is 2. The Morgan fingerprint density at radius 1 is 1.11 bits per heavy atom. The van der Waals surface area contributed by atoms with Crippen molar-refractivity contribution in [1.82, 2.24) is 0 Å². The minimum absolute atomic E-state index is 0.0792. The summed E-state index contributed by atoms with van der Waals surface area (Å²) in [5, 5.41) is 2.77. The largest absolute Gasteiger partial charge is 0.493 e. The summed E-state index contributed by atoms with van der Waals surface area (Å²) in [5.41, 5.74) is 2.13. The van der Waals surface area contributed by atoms with Crippen molar-refractivity contribution in [1.29, 1.82) is 0 Å². The topological polar surface area (TPSA) is 77.1 Å². The Bertz CT molecular complexity index is 875. The van der Waals surface area contributed by atoms with Gasteiger partial charge in [-0.05, 0) is 23.8 Å². The third kappa shape index (κ3) is 3.85. The van der Waals surface area contributed by atoms with Crippen LogP contribution >= 0.6 is 15.9 Å². The maximum absolute atomic E-state index is 12.5. The number of amides is 2. The molecule has 1 heterocycles. The lowest BCUT2D eigenvalue weighted by atomic mass is 10.2. The number of hydrogen-bond acceptors (Lipinski definition) is 5. The van der Waals surface area contributed by atoms with Gasteiger partial charge >= 0.3 is 0 Å². The van der Waals surface area contributed by atoms with Crippen molar-refractivity contribution >= 4 is 39.1 Å². The molecule has 27 heavy (non-hydrogen) atoms. The van der Waals surface area contributed by atoms with Gasteiger partial charge in [0, 0.05) is 28.0 Å². The molecule has 0 saturated heterocycles. The van der Waals surface area contributed by atoms with Gasteiger partial charge in [-0.3, -0.25) is 9.59 Å². The lowest BCUT2D eigenvalue weighted by Gasteiger charge is -2.18. The molecule has 142 valence electrons. The third-order valence-corrected chi connectivity index (χ3v) is 4.72. The fraction of sp³-hybridized carbons (Fsp3) is 0.263. The van der Waals surface area contributed by atoms with Crippen molar-refractivity contribution < 1.29 is 23.8 Å². The van der Waals surface area contributed by atoms with Crippen LogP contribution in [0.4, 0.5) is 11.4 Å². The fourth-order valence-corrected chi connectivity index (χ4v) is 3.43. The Kier molecular flexibility index (Phi) is 5.55. The molecule has 2 aromatic rings. The van der Waals surface area contributed by atoms with Crippen LogP contribution in [-0.4, -0.2) is 39.7 Å². The van der Waals surface area contributed by atoms with Crippen LogP contribution in [0.2, 0.25) is 0 Å². The van der Waals surface area contributed by atoms with Crippen molar-refractivity contribution in [3.8, 4) is 17.2 Å². The van der Waals surface area contributed by atoms with E-state index in [0.29, 0.717) is 22.9 Å². The van der Waals surface area contributed by atoms with E-state index in [1.54, 1.807) is 12.1 Å². The van der Waals surface area contributed by atoms with Gasteiger partial charge in [0.2, 0.25) is 17.6 Å². The standard InChI is InChI=1S/C19H19BrN2O5/c1-25-15-8-13(9-16(26-2)19(15)27-3)21-17(23)10-22-14-5-4-12(20)6-11(14)7-18(22)24/h4-6,8-9H,7,10H2,1-3H3,(H,21,23). The summed E-state index contributed by atoms with van der Waals surface area (Å²) in [6, 6.07) is 8.84. The first-order valence-electron chi connectivity index (χ1n) is 8.15. The highest BCUT2D eigenvalue weighted by molar-refractivity contribution is 9.10. The Labute approximate surface area is 165 Å². The van der Waals surface area contributed by atoms with Gasteiger partial charge < -0.3 is 24.4 Å². The van der Waals surface area contributed by atoms with Crippen molar-refractivity contribution in [2.24, 2.45) is 0 Å². The molecular weight excluding hydrogens is 416 g/mol. The molecule has 0 spiro atoms. The molecule has 0 unspecified atom stereocenters. The number of methoxy groups -OCH3 is 3. The zero-order valence-electron chi connectivity index (χ0n) is 15.2. The van der Waals surface area contributed by atoms with Gasteiger partial charge in [0.25, 0.3) is 0 Å². The lowest BCUT2D eigenvalue weighted by molar-refractivity contribution is -0.120. The number of nitrogens with zero attached hydrogens (tertiary/aromatic N) is 1. The zero-order valence-corrected chi connectivity index (χ0v) is 16.8. The predicted octanol–water partition coefficient (Wildman–Crippen LogP) is 3.00. The van der Waals surface area contributed by atoms with Crippen LogP contribution in [0.3, 0.4) is 0 Å². The highest BCUT2D eigenvalue weighted by atomic mass is 79.9. The second-order valence-corrected chi connectivity index (χ2v) is 6.81. The molecule has 1 aliphatic heterocycles. The molecule has 2 aromatic carbocycles. The van der Waals surface area contributed by atoms with Gasteiger partial charge in [-0.25, -0.2) is 0 Å². The van der Waals surface area contributed by atoms with Gasteiger partial charge in [-0.2, -0.15) is 0 Å². The number of halogens is 1. The monoisotopic (exact) mass is 434 g/mol. The first-order chi connectivity index (χ1) is 13.0. The van der Waals surface area contributed by atoms with Crippen LogP contribution in [0.5, 0.6) is 17.2 Å². The Morgan fingerprint density at radius 2 is 1.78 bits per heavy atom. The SMILES string of the molecule is COc1cc(NC(=O)CN2C(=O)Cc3cc(Br)ccc32)cc(OC)c1OC. The van der Waals surface area contributed by atoms with E-state index in [9.17, 15) is 9.59 Å². The zero-order chi connectivity index (χ0) is 19.6. The summed E-state index contributed by atoms with van der Waals surface area (Å²) in [4.78, 5) is 26.3. The molecule has 0 aliphatic carbocycles. The summed E-state index contributed by atoms with van der Waals surface area (Å²) in [6.07, 6.45) is 0.284. The average Bonchev–Trinajstić information content (AvgIpc) is 2.95. The summed E-state index contributed by atoms with van der Waals surface area (Å²) < 4.78 is 16.7. The summed E-state index contributed by atoms with van der Waals surface area (Å²) in [6.45, 7) is -0.0792. The molecule has 3 rings (SSSR count). The average molecular weight is 435 g/mol. The number of fused-ring (bicyclic) bond motifs is 1. The first kappa shape index (κ1) is 19.0. The highest BCUT2D eigenvalue weighted by Gasteiger charge is 2.29. The third-order valence-electron chi connectivity index (χ3n) is 4.23. The van der Waals surface area contributed by atoms with Gasteiger partial charge in [0.15, 0.2) is 11.5 Å². The second-order valence-electron chi connectivity index (χ2n) is 5.89. The molecule has 1 N–H and O–H groups in total. The molecule has 2 amide bonds. The molecule has 8 heteroatoms.